The van der Waals surface area contributed by atoms with Gasteiger partial charge >= 0.3 is 6.03 Å². The molecule has 0 bridgehead atoms. The number of carbonyl (C=O) groups is 1. The molecule has 2 heterocycles. The van der Waals surface area contributed by atoms with Crippen LogP contribution in [0, 0.1) is 0 Å². The third-order valence-electron chi connectivity index (χ3n) is 6.53. The number of sulfonamides is 1. The number of carbonyl (C=O) groups excluding carboxylic acids is 1. The van der Waals surface area contributed by atoms with Gasteiger partial charge < -0.3 is 15.0 Å². The van der Waals surface area contributed by atoms with Gasteiger partial charge in [0.2, 0.25) is 10.0 Å². The maximum atomic E-state index is 12.6. The fourth-order valence-electron chi connectivity index (χ4n) is 4.49. The van der Waals surface area contributed by atoms with Gasteiger partial charge in [0, 0.05) is 58.8 Å². The number of urea groups is 1. The van der Waals surface area contributed by atoms with E-state index in [9.17, 15) is 13.2 Å². The molecule has 34 heavy (non-hydrogen) atoms. The molecule has 1 saturated heterocycles. The van der Waals surface area contributed by atoms with Crippen LogP contribution >= 0.6 is 0 Å². The first kappa shape index (κ1) is 24.5. The molecule has 8 nitrogen and oxygen atoms in total. The molecule has 0 atom stereocenters. The maximum absolute atomic E-state index is 12.6. The van der Waals surface area contributed by atoms with E-state index < -0.39 is 10.0 Å². The molecule has 184 valence electrons. The molecule has 0 radical (unpaired) electrons. The second-order valence-corrected chi connectivity index (χ2v) is 10.6. The number of ether oxygens (including phenoxy) is 1. The number of amides is 2. The number of fused-ring (bicyclic) bond motifs is 1. The van der Waals surface area contributed by atoms with Crippen molar-refractivity contribution >= 4 is 16.1 Å². The highest BCUT2D eigenvalue weighted by Crippen LogP contribution is 2.26. The maximum Gasteiger partial charge on any atom is 0.317 e. The van der Waals surface area contributed by atoms with Crippen molar-refractivity contribution in [1.82, 2.24) is 19.4 Å². The van der Waals surface area contributed by atoms with Crippen molar-refractivity contribution < 1.29 is 17.9 Å². The first-order chi connectivity index (χ1) is 16.4. The van der Waals surface area contributed by atoms with Crippen molar-refractivity contribution in [3.05, 3.63) is 59.2 Å². The lowest BCUT2D eigenvalue weighted by molar-refractivity contribution is 0.135. The Morgan fingerprint density at radius 1 is 1.00 bits per heavy atom. The van der Waals surface area contributed by atoms with E-state index in [0.717, 1.165) is 44.0 Å². The fourth-order valence-corrected chi connectivity index (χ4v) is 5.94. The molecular weight excluding hydrogens is 452 g/mol. The van der Waals surface area contributed by atoms with Crippen LogP contribution in [0.25, 0.3) is 0 Å². The number of piperazine rings is 1. The van der Waals surface area contributed by atoms with Gasteiger partial charge in [-0.25, -0.2) is 13.2 Å². The predicted molar refractivity (Wildman–Crippen MR) is 131 cm³/mol. The summed E-state index contributed by atoms with van der Waals surface area (Å²) in [6.45, 7) is 9.57. The summed E-state index contributed by atoms with van der Waals surface area (Å²) < 4.78 is 32.2. The smallest absolute Gasteiger partial charge is 0.317 e. The first-order valence-corrected chi connectivity index (χ1v) is 13.4. The molecule has 0 aromatic heterocycles. The minimum absolute atomic E-state index is 0.0887. The molecule has 4 rings (SSSR count). The lowest BCUT2D eigenvalue weighted by atomic mass is 10.1. The van der Waals surface area contributed by atoms with Gasteiger partial charge in [-0.05, 0) is 34.9 Å². The van der Waals surface area contributed by atoms with Crippen LogP contribution in [0.5, 0.6) is 5.75 Å². The summed E-state index contributed by atoms with van der Waals surface area (Å²) in [6.07, 6.45) is 0.978. The molecule has 2 aliphatic heterocycles. The molecule has 1 fully saturated rings. The molecule has 0 aliphatic carbocycles. The lowest BCUT2D eigenvalue weighted by Gasteiger charge is -2.34. The number of nitrogens with one attached hydrogen (secondary N) is 1. The summed E-state index contributed by atoms with van der Waals surface area (Å²) in [6, 6.07) is 13.1. The monoisotopic (exact) mass is 486 g/mol. The highest BCUT2D eigenvalue weighted by molar-refractivity contribution is 7.89. The van der Waals surface area contributed by atoms with Gasteiger partial charge in [-0.15, -0.1) is 0 Å². The molecule has 2 aromatic carbocycles. The van der Waals surface area contributed by atoms with E-state index in [1.54, 1.807) is 24.3 Å². The number of hydrogen-bond acceptors (Lipinski definition) is 5. The Morgan fingerprint density at radius 3 is 2.35 bits per heavy atom. The van der Waals surface area contributed by atoms with Crippen LogP contribution < -0.4 is 10.1 Å². The van der Waals surface area contributed by atoms with Crippen molar-refractivity contribution in [3.63, 3.8) is 0 Å². The van der Waals surface area contributed by atoms with Crippen molar-refractivity contribution in [2.24, 2.45) is 0 Å². The summed E-state index contributed by atoms with van der Waals surface area (Å²) in [5.74, 6) is 1.00. The van der Waals surface area contributed by atoms with Crippen LogP contribution in [0.15, 0.2) is 47.4 Å². The van der Waals surface area contributed by atoms with Gasteiger partial charge in [0.05, 0.1) is 11.5 Å². The second kappa shape index (κ2) is 10.8. The Bertz CT molecular complexity index is 1090. The molecule has 0 saturated carbocycles. The van der Waals surface area contributed by atoms with Gasteiger partial charge in [-0.3, -0.25) is 4.90 Å². The van der Waals surface area contributed by atoms with Crippen LogP contribution in [-0.2, 0) is 29.5 Å². The minimum atomic E-state index is -3.47. The number of rotatable bonds is 8. The van der Waals surface area contributed by atoms with E-state index in [4.69, 9.17) is 4.74 Å². The zero-order chi connectivity index (χ0) is 24.1. The minimum Gasteiger partial charge on any atom is -0.493 e. The molecule has 1 N–H and O–H groups in total. The van der Waals surface area contributed by atoms with Gasteiger partial charge in [0.25, 0.3) is 0 Å². The third-order valence-corrected chi connectivity index (χ3v) is 8.59. The zero-order valence-corrected chi connectivity index (χ0v) is 20.8. The van der Waals surface area contributed by atoms with Crippen LogP contribution in [-0.4, -0.2) is 74.4 Å². The summed E-state index contributed by atoms with van der Waals surface area (Å²) in [5, 5.41) is 2.96. The second-order valence-electron chi connectivity index (χ2n) is 8.70. The average Bonchev–Trinajstić information content (AvgIpc) is 3.32. The average molecular weight is 487 g/mol. The van der Waals surface area contributed by atoms with E-state index >= 15 is 0 Å². The Hall–Kier alpha value is -2.62. The van der Waals surface area contributed by atoms with E-state index in [1.807, 2.05) is 18.7 Å². The summed E-state index contributed by atoms with van der Waals surface area (Å²) in [5.41, 5.74) is 3.44. The van der Waals surface area contributed by atoms with E-state index in [0.29, 0.717) is 32.7 Å². The quantitative estimate of drug-likeness (QED) is 0.621. The van der Waals surface area contributed by atoms with Crippen molar-refractivity contribution in [1.29, 1.82) is 0 Å². The SMILES string of the molecule is CCN(CC)S(=O)(=O)c1ccc(CNC(=O)N2CCN(Cc3ccc4c(c3)CCO4)CC2)cc1. The van der Waals surface area contributed by atoms with E-state index in [2.05, 4.69) is 28.4 Å². The highest BCUT2D eigenvalue weighted by atomic mass is 32.2. The number of nitrogens with zero attached hydrogens (tertiary/aromatic N) is 3. The summed E-state index contributed by atoms with van der Waals surface area (Å²) in [7, 11) is -3.47. The van der Waals surface area contributed by atoms with E-state index in [1.165, 1.54) is 15.4 Å². The molecule has 2 aliphatic rings. The molecule has 2 aromatic rings. The molecule has 2 amide bonds. The molecular formula is C25H34N4O4S. The van der Waals surface area contributed by atoms with Crippen molar-refractivity contribution in [3.8, 4) is 5.75 Å². The fraction of sp³-hybridized carbons (Fsp3) is 0.480. The Kier molecular flexibility index (Phi) is 7.75. The van der Waals surface area contributed by atoms with Crippen molar-refractivity contribution in [2.45, 2.75) is 38.3 Å². The van der Waals surface area contributed by atoms with Gasteiger partial charge in [0.15, 0.2) is 0 Å². The standard InChI is InChI=1S/C25H34N4O4S/c1-3-29(4-2)34(31,32)23-8-5-20(6-9-23)18-26-25(30)28-14-12-27(13-15-28)19-21-7-10-24-22(17-21)11-16-33-24/h5-10,17H,3-4,11-16,18-19H2,1-2H3,(H,26,30). The number of hydrogen-bond donors (Lipinski definition) is 1. The molecule has 0 unspecified atom stereocenters. The molecule has 9 heteroatoms. The summed E-state index contributed by atoms with van der Waals surface area (Å²) >= 11 is 0. The van der Waals surface area contributed by atoms with Crippen LogP contribution in [0.4, 0.5) is 4.79 Å². The van der Waals surface area contributed by atoms with E-state index in [-0.39, 0.29) is 10.9 Å². The topological polar surface area (TPSA) is 82.2 Å². The zero-order valence-electron chi connectivity index (χ0n) is 20.0. The molecule has 0 spiro atoms. The normalized spacial score (nSPS) is 16.4. The predicted octanol–water partition coefficient (Wildman–Crippen LogP) is 2.68. The number of benzene rings is 2. The lowest BCUT2D eigenvalue weighted by Crippen LogP contribution is -2.51. The van der Waals surface area contributed by atoms with Crippen LogP contribution in [0.2, 0.25) is 0 Å². The first-order valence-electron chi connectivity index (χ1n) is 12.0. The Morgan fingerprint density at radius 2 is 1.68 bits per heavy atom. The van der Waals surface area contributed by atoms with Crippen molar-refractivity contribution in [2.75, 3.05) is 45.9 Å². The van der Waals surface area contributed by atoms with Crippen LogP contribution in [0.1, 0.15) is 30.5 Å². The van der Waals surface area contributed by atoms with Gasteiger partial charge in [-0.2, -0.15) is 4.31 Å². The Balaban J connectivity index is 1.23. The Labute approximate surface area is 202 Å². The largest absolute Gasteiger partial charge is 0.493 e. The summed E-state index contributed by atoms with van der Waals surface area (Å²) in [4.78, 5) is 17.1. The van der Waals surface area contributed by atoms with Gasteiger partial charge in [0.1, 0.15) is 5.75 Å². The van der Waals surface area contributed by atoms with Crippen LogP contribution in [0.3, 0.4) is 0 Å². The van der Waals surface area contributed by atoms with Gasteiger partial charge in [-0.1, -0.05) is 38.1 Å². The third kappa shape index (κ3) is 5.54. The highest BCUT2D eigenvalue weighted by Gasteiger charge is 2.23.